The van der Waals surface area contributed by atoms with Gasteiger partial charge in [0, 0.05) is 17.8 Å². The van der Waals surface area contributed by atoms with Crippen LogP contribution in [0.25, 0.3) is 0 Å². The predicted molar refractivity (Wildman–Crippen MR) is 135 cm³/mol. The number of aryl methyl sites for hydroxylation is 1. The smallest absolute Gasteiger partial charge is 0.322 e. The first-order valence-electron chi connectivity index (χ1n) is 11.9. The van der Waals surface area contributed by atoms with Crippen LogP contribution in [0.5, 0.6) is 0 Å². The molecule has 184 valence electrons. The van der Waals surface area contributed by atoms with E-state index < -0.39 is 16.9 Å². The lowest BCUT2D eigenvalue weighted by molar-refractivity contribution is -0.147. The van der Waals surface area contributed by atoms with Gasteiger partial charge in [0.15, 0.2) is 0 Å². The first-order valence-corrected chi connectivity index (χ1v) is 12.3. The van der Waals surface area contributed by atoms with E-state index in [0.717, 1.165) is 34.6 Å². The SMILES string of the molecule is CC(C)C1=CN(CCCC(C)(C)C(=O)O)C(=O)N[C@]1(C)c1ccc(CCC(C)(C)C)c(Cl)c1. The van der Waals surface area contributed by atoms with Gasteiger partial charge < -0.3 is 15.3 Å². The average molecular weight is 477 g/mol. The molecule has 5 nitrogen and oxygen atoms in total. The highest BCUT2D eigenvalue weighted by Gasteiger charge is 2.40. The van der Waals surface area contributed by atoms with Crippen molar-refractivity contribution in [2.24, 2.45) is 16.7 Å². The molecule has 1 aliphatic heterocycles. The molecule has 0 aromatic heterocycles. The number of carboxylic acids is 1. The fourth-order valence-electron chi connectivity index (χ4n) is 4.21. The molecule has 0 spiro atoms. The van der Waals surface area contributed by atoms with Gasteiger partial charge >= 0.3 is 12.0 Å². The van der Waals surface area contributed by atoms with Crippen LogP contribution in [0.15, 0.2) is 30.0 Å². The molecule has 2 N–H and O–H groups in total. The molecule has 1 aliphatic rings. The van der Waals surface area contributed by atoms with Crippen molar-refractivity contribution in [3.8, 4) is 0 Å². The Hall–Kier alpha value is -2.01. The lowest BCUT2D eigenvalue weighted by Crippen LogP contribution is -2.54. The second kappa shape index (κ2) is 10.1. The molecule has 0 unspecified atom stereocenters. The summed E-state index contributed by atoms with van der Waals surface area (Å²) in [4.78, 5) is 26.1. The topological polar surface area (TPSA) is 69.6 Å². The van der Waals surface area contributed by atoms with Crippen LogP contribution < -0.4 is 5.32 Å². The Bertz CT molecular complexity index is 914. The number of carboxylic acid groups (broad SMARTS) is 1. The van der Waals surface area contributed by atoms with Crippen LogP contribution in [0, 0.1) is 16.7 Å². The number of amides is 2. The number of carbonyl (C=O) groups excluding carboxylic acids is 1. The Morgan fingerprint density at radius 3 is 2.33 bits per heavy atom. The highest BCUT2D eigenvalue weighted by atomic mass is 35.5. The summed E-state index contributed by atoms with van der Waals surface area (Å²) in [5, 5.41) is 13.3. The number of carbonyl (C=O) groups is 2. The van der Waals surface area contributed by atoms with E-state index in [-0.39, 0.29) is 17.4 Å². The highest BCUT2D eigenvalue weighted by molar-refractivity contribution is 6.31. The normalized spacial score (nSPS) is 19.5. The average Bonchev–Trinajstić information content (AvgIpc) is 2.67. The van der Waals surface area contributed by atoms with Crippen molar-refractivity contribution in [3.05, 3.63) is 46.1 Å². The number of urea groups is 1. The molecule has 2 rings (SSSR count). The second-order valence-electron chi connectivity index (χ2n) is 11.6. The summed E-state index contributed by atoms with van der Waals surface area (Å²) in [6, 6.07) is 5.97. The summed E-state index contributed by atoms with van der Waals surface area (Å²) in [7, 11) is 0. The van der Waals surface area contributed by atoms with Gasteiger partial charge in [0.1, 0.15) is 0 Å². The molecule has 0 saturated heterocycles. The first-order chi connectivity index (χ1) is 15.1. The van der Waals surface area contributed by atoms with E-state index in [1.165, 1.54) is 0 Å². The minimum Gasteiger partial charge on any atom is -0.481 e. The van der Waals surface area contributed by atoms with E-state index in [4.69, 9.17) is 11.6 Å². The third kappa shape index (κ3) is 6.75. The molecular formula is C27H41ClN2O3. The fourth-order valence-corrected chi connectivity index (χ4v) is 4.49. The fraction of sp³-hybridized carbons (Fsp3) is 0.630. The van der Waals surface area contributed by atoms with E-state index >= 15 is 0 Å². The van der Waals surface area contributed by atoms with Crippen LogP contribution in [0.4, 0.5) is 4.79 Å². The van der Waals surface area contributed by atoms with Crippen molar-refractivity contribution in [1.29, 1.82) is 0 Å². The zero-order chi connectivity index (χ0) is 25.2. The van der Waals surface area contributed by atoms with E-state index in [9.17, 15) is 14.7 Å². The summed E-state index contributed by atoms with van der Waals surface area (Å²) in [5.74, 6) is -0.618. The largest absolute Gasteiger partial charge is 0.481 e. The number of benzene rings is 1. The minimum atomic E-state index is -0.820. The molecule has 2 amide bonds. The summed E-state index contributed by atoms with van der Waals surface area (Å²) in [6.07, 6.45) is 5.02. The number of hydrogen-bond acceptors (Lipinski definition) is 2. The van der Waals surface area contributed by atoms with Gasteiger partial charge in [0.25, 0.3) is 0 Å². The molecule has 0 bridgehead atoms. The van der Waals surface area contributed by atoms with Crippen molar-refractivity contribution in [2.75, 3.05) is 6.54 Å². The highest BCUT2D eigenvalue weighted by Crippen LogP contribution is 2.39. The minimum absolute atomic E-state index is 0.178. The van der Waals surface area contributed by atoms with Crippen molar-refractivity contribution in [1.82, 2.24) is 10.2 Å². The van der Waals surface area contributed by atoms with Gasteiger partial charge in [-0.05, 0) is 80.6 Å². The molecule has 1 aromatic carbocycles. The summed E-state index contributed by atoms with van der Waals surface area (Å²) >= 11 is 6.68. The van der Waals surface area contributed by atoms with E-state index in [0.29, 0.717) is 19.4 Å². The molecule has 1 atom stereocenters. The molecule has 0 aliphatic carbocycles. The summed E-state index contributed by atoms with van der Waals surface area (Å²) in [5.41, 5.74) is 1.96. The van der Waals surface area contributed by atoms with Crippen LogP contribution in [-0.4, -0.2) is 28.6 Å². The molecule has 0 saturated carbocycles. The Balaban J connectivity index is 2.27. The lowest BCUT2D eigenvalue weighted by atomic mass is 9.78. The van der Waals surface area contributed by atoms with Gasteiger partial charge in [-0.15, -0.1) is 0 Å². The zero-order valence-corrected chi connectivity index (χ0v) is 22.3. The van der Waals surface area contributed by atoms with Crippen molar-refractivity contribution in [3.63, 3.8) is 0 Å². The molecule has 33 heavy (non-hydrogen) atoms. The maximum Gasteiger partial charge on any atom is 0.322 e. The predicted octanol–water partition coefficient (Wildman–Crippen LogP) is 6.99. The number of aliphatic carboxylic acids is 1. The lowest BCUT2D eigenvalue weighted by Gasteiger charge is -2.42. The van der Waals surface area contributed by atoms with Crippen LogP contribution in [0.1, 0.15) is 85.8 Å². The molecule has 1 aromatic rings. The molecule has 1 heterocycles. The van der Waals surface area contributed by atoms with Gasteiger partial charge in [-0.1, -0.05) is 58.4 Å². The van der Waals surface area contributed by atoms with E-state index in [1.54, 1.807) is 18.7 Å². The number of nitrogens with one attached hydrogen (secondary N) is 1. The van der Waals surface area contributed by atoms with Crippen molar-refractivity contribution >= 4 is 23.6 Å². The molecule has 6 heteroatoms. The Morgan fingerprint density at radius 1 is 1.18 bits per heavy atom. The molecular weight excluding hydrogens is 436 g/mol. The standard InChI is InChI=1S/C27H41ClN2O3/c1-18(2)21-17-30(15-9-13-26(6,7)23(31)32)24(33)29-27(21,8)20-11-10-19(22(28)16-20)12-14-25(3,4)5/h10-11,16-18H,9,12-15H2,1-8H3,(H,29,33)(H,31,32)/t27-/m1/s1. The quantitative estimate of drug-likeness (QED) is 0.403. The van der Waals surface area contributed by atoms with Crippen LogP contribution in [-0.2, 0) is 16.8 Å². The number of nitrogens with zero attached hydrogens (tertiary/aromatic N) is 1. The summed E-state index contributed by atoms with van der Waals surface area (Å²) in [6.45, 7) is 16.8. The Kier molecular flexibility index (Phi) is 8.32. The van der Waals surface area contributed by atoms with Gasteiger partial charge in [0.05, 0.1) is 11.0 Å². The van der Waals surface area contributed by atoms with Crippen molar-refractivity contribution < 1.29 is 14.7 Å². The third-order valence-corrected chi connectivity index (χ3v) is 7.02. The van der Waals surface area contributed by atoms with Gasteiger partial charge in [-0.2, -0.15) is 0 Å². The Labute approximate surface area is 204 Å². The van der Waals surface area contributed by atoms with Crippen molar-refractivity contribution in [2.45, 2.75) is 86.6 Å². The Morgan fingerprint density at radius 2 is 1.82 bits per heavy atom. The zero-order valence-electron chi connectivity index (χ0n) is 21.5. The summed E-state index contributed by atoms with van der Waals surface area (Å²) < 4.78 is 0. The monoisotopic (exact) mass is 476 g/mol. The van der Waals surface area contributed by atoms with Gasteiger partial charge in [-0.25, -0.2) is 4.79 Å². The van der Waals surface area contributed by atoms with Gasteiger partial charge in [0.2, 0.25) is 0 Å². The number of rotatable bonds is 9. The first kappa shape index (κ1) is 27.2. The molecule has 0 fully saturated rings. The maximum atomic E-state index is 13.0. The van der Waals surface area contributed by atoms with Crippen LogP contribution in [0.3, 0.4) is 0 Å². The van der Waals surface area contributed by atoms with Crippen LogP contribution in [0.2, 0.25) is 5.02 Å². The van der Waals surface area contributed by atoms with E-state index in [1.807, 2.05) is 19.2 Å². The second-order valence-corrected chi connectivity index (χ2v) is 12.1. The van der Waals surface area contributed by atoms with E-state index in [2.05, 4.69) is 52.1 Å². The number of halogens is 1. The molecule has 0 radical (unpaired) electrons. The van der Waals surface area contributed by atoms with Crippen LogP contribution >= 0.6 is 11.6 Å². The number of hydrogen-bond donors (Lipinski definition) is 2. The third-order valence-electron chi connectivity index (χ3n) is 6.67. The van der Waals surface area contributed by atoms with Gasteiger partial charge in [-0.3, -0.25) is 4.79 Å². The maximum absolute atomic E-state index is 13.0.